The molecule has 1 aliphatic carbocycles. The third-order valence-electron chi connectivity index (χ3n) is 6.57. The van der Waals surface area contributed by atoms with Crippen LogP contribution < -0.4 is 15.7 Å². The number of sulfone groups is 1. The van der Waals surface area contributed by atoms with E-state index < -0.39 is 38.8 Å². The van der Waals surface area contributed by atoms with Crippen molar-refractivity contribution in [3.05, 3.63) is 58.1 Å². The molecule has 39 heavy (non-hydrogen) atoms. The van der Waals surface area contributed by atoms with Crippen LogP contribution in [0.1, 0.15) is 28.8 Å². The predicted molar refractivity (Wildman–Crippen MR) is 131 cm³/mol. The summed E-state index contributed by atoms with van der Waals surface area (Å²) in [6.07, 6.45) is -2.84. The van der Waals surface area contributed by atoms with Crippen LogP contribution in [0.25, 0.3) is 5.65 Å². The highest BCUT2D eigenvalue weighted by Gasteiger charge is 2.38. The molecule has 0 radical (unpaired) electrons. The van der Waals surface area contributed by atoms with E-state index in [9.17, 15) is 31.2 Å². The Morgan fingerprint density at radius 3 is 2.56 bits per heavy atom. The number of amides is 1. The van der Waals surface area contributed by atoms with Crippen molar-refractivity contribution in [2.24, 2.45) is 0 Å². The normalized spacial score (nSPS) is 16.9. The smallest absolute Gasteiger partial charge is 0.405 e. The van der Waals surface area contributed by atoms with Crippen molar-refractivity contribution in [2.45, 2.75) is 42.4 Å². The number of hydrogen-bond acceptors (Lipinski definition) is 8. The summed E-state index contributed by atoms with van der Waals surface area (Å²) in [5.41, 5.74) is -0.0683. The van der Waals surface area contributed by atoms with Gasteiger partial charge in [-0.05, 0) is 37.1 Å². The van der Waals surface area contributed by atoms with Crippen LogP contribution in [0.3, 0.4) is 0 Å². The van der Waals surface area contributed by atoms with Crippen molar-refractivity contribution in [3.63, 3.8) is 0 Å². The standard InChI is InChI=1S/C24H26F3N5O6S/c25-24(26,27)38-20-13-19(39(35,36)18-4-5-18)3-1-16(20)14-28-22(33)17-2-6-21-29-32(23(34)31(21)15-17)8-7-30-9-11-37-12-10-30/h1-3,6,13,15,18H,4-5,7-12,14H2,(H,28,33). The second-order valence-electron chi connectivity index (χ2n) is 9.35. The minimum absolute atomic E-state index is 0.0652. The molecule has 2 fully saturated rings. The number of pyridine rings is 1. The Morgan fingerprint density at radius 2 is 1.87 bits per heavy atom. The fourth-order valence-corrected chi connectivity index (χ4v) is 5.96. The first-order valence-electron chi connectivity index (χ1n) is 12.3. The summed E-state index contributed by atoms with van der Waals surface area (Å²) >= 11 is 0. The molecule has 3 aromatic rings. The first-order valence-corrected chi connectivity index (χ1v) is 13.9. The molecule has 5 rings (SSSR count). The second-order valence-corrected chi connectivity index (χ2v) is 11.6. The first-order chi connectivity index (χ1) is 18.5. The van der Waals surface area contributed by atoms with Gasteiger partial charge in [0.05, 0.1) is 35.5 Å². The van der Waals surface area contributed by atoms with Crippen LogP contribution in [0.15, 0.2) is 46.2 Å². The zero-order valence-electron chi connectivity index (χ0n) is 20.7. The van der Waals surface area contributed by atoms with E-state index in [1.165, 1.54) is 39.5 Å². The molecule has 3 heterocycles. The molecule has 1 saturated heterocycles. The maximum absolute atomic E-state index is 13.0. The average molecular weight is 570 g/mol. The van der Waals surface area contributed by atoms with Gasteiger partial charge in [-0.25, -0.2) is 22.3 Å². The number of morpholine rings is 1. The zero-order valence-corrected chi connectivity index (χ0v) is 21.5. The Labute approximate surface area is 221 Å². The summed E-state index contributed by atoms with van der Waals surface area (Å²) in [4.78, 5) is 27.5. The van der Waals surface area contributed by atoms with E-state index >= 15 is 0 Å². The minimum atomic E-state index is -5.06. The predicted octanol–water partition coefficient (Wildman–Crippen LogP) is 1.59. The average Bonchev–Trinajstić information content (AvgIpc) is 3.71. The Kier molecular flexibility index (Phi) is 7.39. The third-order valence-corrected chi connectivity index (χ3v) is 8.83. The van der Waals surface area contributed by atoms with Gasteiger partial charge in [-0.2, -0.15) is 0 Å². The number of halogens is 3. The van der Waals surface area contributed by atoms with Gasteiger partial charge in [0.1, 0.15) is 5.75 Å². The van der Waals surface area contributed by atoms with Crippen LogP contribution >= 0.6 is 0 Å². The number of nitrogens with zero attached hydrogens (tertiary/aromatic N) is 4. The Hall–Kier alpha value is -3.43. The summed E-state index contributed by atoms with van der Waals surface area (Å²) in [5, 5.41) is 6.18. The van der Waals surface area contributed by atoms with Crippen LogP contribution in [0.4, 0.5) is 13.2 Å². The number of benzene rings is 1. The van der Waals surface area contributed by atoms with E-state index in [1.54, 1.807) is 0 Å². The summed E-state index contributed by atoms with van der Waals surface area (Å²) in [5.74, 6) is -1.37. The van der Waals surface area contributed by atoms with Crippen molar-refractivity contribution in [1.82, 2.24) is 24.4 Å². The Morgan fingerprint density at radius 1 is 1.13 bits per heavy atom. The number of carbonyl (C=O) groups excluding carboxylic acids is 1. The van der Waals surface area contributed by atoms with E-state index in [4.69, 9.17) is 4.74 Å². The fraction of sp³-hybridized carbons (Fsp3) is 0.458. The highest BCUT2D eigenvalue weighted by molar-refractivity contribution is 7.92. The second kappa shape index (κ2) is 10.6. The molecule has 0 bridgehead atoms. The maximum atomic E-state index is 13.0. The molecule has 2 aliphatic rings. The fourth-order valence-electron chi connectivity index (χ4n) is 4.29. The summed E-state index contributed by atoms with van der Waals surface area (Å²) in [6.45, 7) is 3.39. The lowest BCUT2D eigenvalue weighted by molar-refractivity contribution is -0.275. The lowest BCUT2D eigenvalue weighted by Gasteiger charge is -2.26. The number of hydrogen-bond donors (Lipinski definition) is 1. The largest absolute Gasteiger partial charge is 0.573 e. The van der Waals surface area contributed by atoms with E-state index in [1.807, 2.05) is 0 Å². The van der Waals surface area contributed by atoms with E-state index in [2.05, 4.69) is 20.1 Å². The topological polar surface area (TPSA) is 124 Å². The number of aromatic nitrogens is 3. The van der Waals surface area contributed by atoms with Crippen LogP contribution in [-0.4, -0.2) is 77.9 Å². The molecule has 15 heteroatoms. The molecule has 0 spiro atoms. The number of carbonyl (C=O) groups is 1. The molecule has 1 aromatic carbocycles. The van der Waals surface area contributed by atoms with E-state index in [0.29, 0.717) is 44.8 Å². The Bertz CT molecular complexity index is 1540. The zero-order chi connectivity index (χ0) is 27.8. The van der Waals surface area contributed by atoms with Gasteiger partial charge in [-0.1, -0.05) is 6.07 Å². The molecule has 11 nitrogen and oxygen atoms in total. The molecule has 1 amide bonds. The number of ether oxygens (including phenoxy) is 2. The van der Waals surface area contributed by atoms with Crippen molar-refractivity contribution >= 4 is 21.4 Å². The number of alkyl halides is 3. The lowest BCUT2D eigenvalue weighted by Crippen LogP contribution is -2.39. The molecular formula is C24H26F3N5O6S. The molecule has 1 saturated carbocycles. The van der Waals surface area contributed by atoms with Gasteiger partial charge < -0.3 is 14.8 Å². The van der Waals surface area contributed by atoms with Gasteiger partial charge >= 0.3 is 12.1 Å². The molecule has 1 aliphatic heterocycles. The van der Waals surface area contributed by atoms with E-state index in [-0.39, 0.29) is 22.6 Å². The SMILES string of the molecule is O=C(NCc1ccc(S(=O)(=O)C2CC2)cc1OC(F)(F)F)c1ccc2nn(CCN3CCOCC3)c(=O)n2c1. The Balaban J connectivity index is 1.30. The molecule has 2 aromatic heterocycles. The van der Waals surface area contributed by atoms with Gasteiger partial charge in [0.25, 0.3) is 5.91 Å². The van der Waals surface area contributed by atoms with Crippen LogP contribution in [0, 0.1) is 0 Å². The third kappa shape index (κ3) is 6.25. The number of nitrogens with one attached hydrogen (secondary N) is 1. The molecule has 0 unspecified atom stereocenters. The molecule has 1 N–H and O–H groups in total. The monoisotopic (exact) mass is 569 g/mol. The van der Waals surface area contributed by atoms with Crippen molar-refractivity contribution in [2.75, 3.05) is 32.8 Å². The molecule has 0 atom stereocenters. The van der Waals surface area contributed by atoms with Crippen molar-refractivity contribution in [1.29, 1.82) is 0 Å². The number of fused-ring (bicyclic) bond motifs is 1. The molecule has 210 valence electrons. The van der Waals surface area contributed by atoms with Gasteiger partial charge in [0.2, 0.25) is 0 Å². The summed E-state index contributed by atoms with van der Waals surface area (Å²) in [6, 6.07) is 6.16. The van der Waals surface area contributed by atoms with Gasteiger partial charge in [-0.3, -0.25) is 9.69 Å². The highest BCUT2D eigenvalue weighted by atomic mass is 32.2. The summed E-state index contributed by atoms with van der Waals surface area (Å²) < 4.78 is 76.0. The van der Waals surface area contributed by atoms with E-state index in [0.717, 1.165) is 19.2 Å². The minimum Gasteiger partial charge on any atom is -0.405 e. The van der Waals surface area contributed by atoms with Gasteiger partial charge in [0, 0.05) is 37.9 Å². The highest BCUT2D eigenvalue weighted by Crippen LogP contribution is 2.36. The maximum Gasteiger partial charge on any atom is 0.573 e. The quantitative estimate of drug-likeness (QED) is 0.412. The van der Waals surface area contributed by atoms with Crippen molar-refractivity contribution < 1.29 is 35.9 Å². The lowest BCUT2D eigenvalue weighted by atomic mass is 10.2. The first kappa shape index (κ1) is 27.1. The van der Waals surface area contributed by atoms with Crippen molar-refractivity contribution in [3.8, 4) is 5.75 Å². The van der Waals surface area contributed by atoms with Crippen LogP contribution in [-0.2, 0) is 27.7 Å². The molecular weight excluding hydrogens is 543 g/mol. The van der Waals surface area contributed by atoms with Crippen LogP contribution in [0.5, 0.6) is 5.75 Å². The van der Waals surface area contributed by atoms with Gasteiger partial charge in [0.15, 0.2) is 15.5 Å². The van der Waals surface area contributed by atoms with Crippen LogP contribution in [0.2, 0.25) is 0 Å². The summed E-state index contributed by atoms with van der Waals surface area (Å²) in [7, 11) is -3.75. The number of rotatable bonds is 9. The van der Waals surface area contributed by atoms with Gasteiger partial charge in [-0.15, -0.1) is 18.3 Å².